The van der Waals surface area contributed by atoms with E-state index in [4.69, 9.17) is 0 Å². The Labute approximate surface area is 132 Å². The first kappa shape index (κ1) is 13.6. The van der Waals surface area contributed by atoms with Crippen LogP contribution in [0.5, 0.6) is 0 Å². The molecule has 1 aliphatic rings. The molecule has 0 fully saturated rings. The van der Waals surface area contributed by atoms with Crippen LogP contribution in [0, 0.1) is 12.7 Å². The predicted molar refractivity (Wildman–Crippen MR) is 85.1 cm³/mol. The van der Waals surface area contributed by atoms with Crippen LogP contribution in [0.3, 0.4) is 0 Å². The first-order valence-corrected chi connectivity index (χ1v) is 7.30. The summed E-state index contributed by atoms with van der Waals surface area (Å²) in [7, 11) is 0. The molecule has 0 radical (unpaired) electrons. The molecule has 114 valence electrons. The number of aromatic nitrogens is 4. The lowest BCUT2D eigenvalue weighted by atomic mass is 10.0. The highest BCUT2D eigenvalue weighted by Gasteiger charge is 2.24. The maximum atomic E-state index is 13.6. The number of halogens is 1. The molecule has 3 aromatic rings. The topological polar surface area (TPSA) is 55.6 Å². The van der Waals surface area contributed by atoms with E-state index in [1.807, 2.05) is 43.3 Å². The van der Waals surface area contributed by atoms with Crippen molar-refractivity contribution in [2.24, 2.45) is 0 Å². The van der Waals surface area contributed by atoms with Crippen molar-refractivity contribution < 1.29 is 4.39 Å². The summed E-state index contributed by atoms with van der Waals surface area (Å²) >= 11 is 0. The Balaban J connectivity index is 1.81. The van der Waals surface area contributed by atoms with Crippen LogP contribution in [0.2, 0.25) is 0 Å². The molecule has 0 aliphatic carbocycles. The normalized spacial score (nSPS) is 16.4. The number of nitrogens with one attached hydrogen (secondary N) is 1. The monoisotopic (exact) mass is 307 g/mol. The average molecular weight is 307 g/mol. The van der Waals surface area contributed by atoms with Gasteiger partial charge in [-0.1, -0.05) is 47.1 Å². The Hall–Kier alpha value is -3.02. The van der Waals surface area contributed by atoms with E-state index < -0.39 is 0 Å². The number of benzene rings is 2. The Morgan fingerprint density at radius 2 is 1.96 bits per heavy atom. The number of hydrogen-bond acceptors (Lipinski definition) is 4. The SMILES string of the molecule is Cc1ccc(C2=C[C@@H](c3cccc(F)c3)n3nnnc3N2)cc1. The largest absolute Gasteiger partial charge is 0.323 e. The second-order valence-electron chi connectivity index (χ2n) is 5.52. The molecule has 0 spiro atoms. The average Bonchev–Trinajstić information content (AvgIpc) is 3.03. The van der Waals surface area contributed by atoms with Crippen molar-refractivity contribution >= 4 is 11.6 Å². The Kier molecular flexibility index (Phi) is 3.15. The molecule has 1 N–H and O–H groups in total. The molecule has 1 aliphatic heterocycles. The van der Waals surface area contributed by atoms with Gasteiger partial charge in [-0.15, -0.1) is 0 Å². The minimum Gasteiger partial charge on any atom is -0.323 e. The molecule has 1 atom stereocenters. The van der Waals surface area contributed by atoms with E-state index in [-0.39, 0.29) is 11.9 Å². The Morgan fingerprint density at radius 1 is 1.13 bits per heavy atom. The zero-order chi connectivity index (χ0) is 15.8. The van der Waals surface area contributed by atoms with Gasteiger partial charge >= 0.3 is 0 Å². The van der Waals surface area contributed by atoms with Crippen LogP contribution in [0.1, 0.15) is 22.7 Å². The van der Waals surface area contributed by atoms with Crippen LogP contribution in [0.25, 0.3) is 5.70 Å². The Bertz CT molecular complexity index is 882. The molecular formula is C17H14FN5. The summed E-state index contributed by atoms with van der Waals surface area (Å²) in [6.07, 6.45) is 2.00. The van der Waals surface area contributed by atoms with Gasteiger partial charge in [0.15, 0.2) is 0 Å². The summed E-state index contributed by atoms with van der Waals surface area (Å²) in [6.45, 7) is 2.04. The van der Waals surface area contributed by atoms with Crippen molar-refractivity contribution in [2.75, 3.05) is 5.32 Å². The molecule has 1 aromatic heterocycles. The maximum absolute atomic E-state index is 13.6. The molecule has 6 heteroatoms. The van der Waals surface area contributed by atoms with Gasteiger partial charge in [0, 0.05) is 5.70 Å². The van der Waals surface area contributed by atoms with Crippen LogP contribution >= 0.6 is 0 Å². The number of anilines is 1. The second kappa shape index (κ2) is 5.31. The number of rotatable bonds is 2. The zero-order valence-electron chi connectivity index (χ0n) is 12.4. The number of allylic oxidation sites excluding steroid dienone is 1. The summed E-state index contributed by atoms with van der Waals surface area (Å²) in [5.74, 6) is 0.262. The second-order valence-corrected chi connectivity index (χ2v) is 5.52. The minimum absolute atomic E-state index is 0.256. The van der Waals surface area contributed by atoms with Crippen molar-refractivity contribution in [2.45, 2.75) is 13.0 Å². The molecule has 0 saturated carbocycles. The molecule has 23 heavy (non-hydrogen) atoms. The van der Waals surface area contributed by atoms with Crippen LogP contribution in [-0.2, 0) is 0 Å². The maximum Gasteiger partial charge on any atom is 0.248 e. The molecule has 0 bridgehead atoms. The number of aryl methyl sites for hydroxylation is 1. The van der Waals surface area contributed by atoms with Crippen molar-refractivity contribution in [1.29, 1.82) is 0 Å². The van der Waals surface area contributed by atoms with Crippen molar-refractivity contribution in [1.82, 2.24) is 20.2 Å². The summed E-state index contributed by atoms with van der Waals surface area (Å²) in [5.41, 5.74) is 3.93. The third-order valence-electron chi connectivity index (χ3n) is 3.88. The number of tetrazole rings is 1. The molecule has 5 nitrogen and oxygen atoms in total. The van der Waals surface area contributed by atoms with Gasteiger partial charge in [0.2, 0.25) is 5.95 Å². The lowest BCUT2D eigenvalue weighted by Crippen LogP contribution is -2.20. The Morgan fingerprint density at radius 3 is 2.74 bits per heavy atom. The molecule has 0 unspecified atom stereocenters. The third-order valence-corrected chi connectivity index (χ3v) is 3.88. The summed E-state index contributed by atoms with van der Waals surface area (Å²) in [6, 6.07) is 14.4. The van der Waals surface area contributed by atoms with Crippen molar-refractivity contribution in [3.8, 4) is 0 Å². The summed E-state index contributed by atoms with van der Waals surface area (Å²) < 4.78 is 15.2. The first-order valence-electron chi connectivity index (χ1n) is 7.30. The quantitative estimate of drug-likeness (QED) is 0.790. The highest BCUT2D eigenvalue weighted by atomic mass is 19.1. The van der Waals surface area contributed by atoms with E-state index in [0.717, 1.165) is 16.8 Å². The van der Waals surface area contributed by atoms with Crippen LogP contribution in [0.4, 0.5) is 10.3 Å². The summed E-state index contributed by atoms with van der Waals surface area (Å²) in [5, 5.41) is 15.0. The van der Waals surface area contributed by atoms with Gasteiger partial charge in [-0.05, 0) is 46.7 Å². The molecule has 0 saturated heterocycles. The molecular weight excluding hydrogens is 293 g/mol. The number of fused-ring (bicyclic) bond motifs is 1. The highest BCUT2D eigenvalue weighted by Crippen LogP contribution is 2.31. The minimum atomic E-state index is -0.277. The summed E-state index contributed by atoms with van der Waals surface area (Å²) in [4.78, 5) is 0. The van der Waals surface area contributed by atoms with E-state index in [9.17, 15) is 4.39 Å². The van der Waals surface area contributed by atoms with Gasteiger partial charge in [0.25, 0.3) is 0 Å². The fourth-order valence-corrected chi connectivity index (χ4v) is 2.68. The van der Waals surface area contributed by atoms with Gasteiger partial charge in [0.05, 0.1) is 0 Å². The number of nitrogens with zero attached hydrogens (tertiary/aromatic N) is 4. The molecule has 0 amide bonds. The third kappa shape index (κ3) is 2.48. The van der Waals surface area contributed by atoms with E-state index >= 15 is 0 Å². The molecule has 2 heterocycles. The highest BCUT2D eigenvalue weighted by molar-refractivity contribution is 5.77. The van der Waals surface area contributed by atoms with E-state index in [2.05, 4.69) is 20.8 Å². The van der Waals surface area contributed by atoms with E-state index in [1.165, 1.54) is 17.7 Å². The molecule has 4 rings (SSSR count). The lowest BCUT2D eigenvalue weighted by molar-refractivity contribution is 0.576. The van der Waals surface area contributed by atoms with Gasteiger partial charge in [0.1, 0.15) is 11.9 Å². The smallest absolute Gasteiger partial charge is 0.248 e. The van der Waals surface area contributed by atoms with Gasteiger partial charge in [-0.3, -0.25) is 0 Å². The zero-order valence-corrected chi connectivity index (χ0v) is 12.4. The van der Waals surface area contributed by atoms with E-state index in [1.54, 1.807) is 10.7 Å². The predicted octanol–water partition coefficient (Wildman–Crippen LogP) is 3.18. The van der Waals surface area contributed by atoms with Crippen LogP contribution in [-0.4, -0.2) is 20.2 Å². The van der Waals surface area contributed by atoms with Gasteiger partial charge in [-0.2, -0.15) is 4.68 Å². The fourth-order valence-electron chi connectivity index (χ4n) is 2.68. The van der Waals surface area contributed by atoms with E-state index in [0.29, 0.717) is 5.95 Å². The number of hydrogen-bond donors (Lipinski definition) is 1. The van der Waals surface area contributed by atoms with Gasteiger partial charge in [-0.25, -0.2) is 4.39 Å². The van der Waals surface area contributed by atoms with Crippen molar-refractivity contribution in [3.63, 3.8) is 0 Å². The first-order chi connectivity index (χ1) is 11.2. The fraction of sp³-hybridized carbons (Fsp3) is 0.118. The van der Waals surface area contributed by atoms with Crippen LogP contribution in [0.15, 0.2) is 54.6 Å². The lowest BCUT2D eigenvalue weighted by Gasteiger charge is -2.23. The van der Waals surface area contributed by atoms with Crippen LogP contribution < -0.4 is 5.32 Å². The molecule has 2 aromatic carbocycles. The standard InChI is InChI=1S/C17H14FN5/c1-11-5-7-12(8-6-11)15-10-16(13-3-2-4-14(18)9-13)23-17(19-15)20-21-22-23/h2-10,16H,1H3,(H,19,20,22)/t16-/m0/s1. The van der Waals surface area contributed by atoms with Crippen molar-refractivity contribution in [3.05, 3.63) is 77.1 Å². The van der Waals surface area contributed by atoms with Gasteiger partial charge < -0.3 is 5.32 Å².